The van der Waals surface area contributed by atoms with E-state index in [0.717, 1.165) is 13.1 Å². The monoisotopic (exact) mass is 209 g/mol. The van der Waals surface area contributed by atoms with Gasteiger partial charge in [-0.1, -0.05) is 0 Å². The van der Waals surface area contributed by atoms with Crippen molar-refractivity contribution in [3.8, 4) is 0 Å². The number of carbonyl (C=O) groups is 1. The van der Waals surface area contributed by atoms with Crippen molar-refractivity contribution in [2.75, 3.05) is 19.7 Å². The first-order chi connectivity index (χ1) is 5.71. The fraction of sp³-hybridized carbons (Fsp3) is 0.875. The Kier molecular flexibility index (Phi) is 5.29. The van der Waals surface area contributed by atoms with Crippen molar-refractivity contribution in [3.05, 3.63) is 0 Å². The normalized spacial score (nSPS) is 20.4. The maximum absolute atomic E-state index is 10.9. The summed E-state index contributed by atoms with van der Waals surface area (Å²) in [6.45, 7) is 3.75. The fourth-order valence-electron chi connectivity index (χ4n) is 1.53. The van der Waals surface area contributed by atoms with Crippen LogP contribution in [0.5, 0.6) is 0 Å². The molecular formula is C8H16ClNO3. The van der Waals surface area contributed by atoms with E-state index in [2.05, 4.69) is 5.32 Å². The Morgan fingerprint density at radius 1 is 1.54 bits per heavy atom. The summed E-state index contributed by atoms with van der Waals surface area (Å²) in [5, 5.41) is 12.1. The number of halogens is 1. The Labute approximate surface area is 84.1 Å². The zero-order valence-corrected chi connectivity index (χ0v) is 8.52. The highest BCUT2D eigenvalue weighted by Gasteiger charge is 2.40. The van der Waals surface area contributed by atoms with Gasteiger partial charge in [0.1, 0.15) is 0 Å². The summed E-state index contributed by atoms with van der Waals surface area (Å²) in [5.74, 6) is -0.828. The van der Waals surface area contributed by atoms with Crippen LogP contribution in [0.3, 0.4) is 0 Å². The van der Waals surface area contributed by atoms with E-state index in [-0.39, 0.29) is 12.4 Å². The van der Waals surface area contributed by atoms with E-state index >= 15 is 0 Å². The van der Waals surface area contributed by atoms with Crippen LogP contribution < -0.4 is 5.32 Å². The Balaban J connectivity index is 0.00000144. The minimum atomic E-state index is -0.917. The van der Waals surface area contributed by atoms with Gasteiger partial charge in [0.2, 0.25) is 0 Å². The van der Waals surface area contributed by atoms with Crippen LogP contribution in [0.1, 0.15) is 19.8 Å². The third-order valence-electron chi connectivity index (χ3n) is 2.22. The SMILES string of the molecule is CCOC1(C(=O)O)CCNCC1.Cl. The van der Waals surface area contributed by atoms with Crippen LogP contribution in [-0.2, 0) is 9.53 Å². The minimum Gasteiger partial charge on any atom is -0.479 e. The number of nitrogens with one attached hydrogen (secondary N) is 1. The summed E-state index contributed by atoms with van der Waals surface area (Å²) in [5.41, 5.74) is -0.917. The van der Waals surface area contributed by atoms with Gasteiger partial charge in [-0.2, -0.15) is 0 Å². The molecule has 2 N–H and O–H groups in total. The number of ether oxygens (including phenoxy) is 1. The molecule has 1 saturated heterocycles. The molecule has 0 aromatic heterocycles. The van der Waals surface area contributed by atoms with E-state index in [1.807, 2.05) is 6.92 Å². The summed E-state index contributed by atoms with van der Waals surface area (Å²) in [6.07, 6.45) is 1.13. The van der Waals surface area contributed by atoms with E-state index in [4.69, 9.17) is 9.84 Å². The van der Waals surface area contributed by atoms with Crippen LogP contribution in [0.2, 0.25) is 0 Å². The van der Waals surface area contributed by atoms with Gasteiger partial charge in [0.25, 0.3) is 0 Å². The largest absolute Gasteiger partial charge is 0.479 e. The average molecular weight is 210 g/mol. The van der Waals surface area contributed by atoms with Gasteiger partial charge >= 0.3 is 5.97 Å². The standard InChI is InChI=1S/C8H15NO3.ClH/c1-2-12-8(7(10)11)3-5-9-6-4-8;/h9H,2-6H2,1H3,(H,10,11);1H. The summed E-state index contributed by atoms with van der Waals surface area (Å²) < 4.78 is 5.29. The second-order valence-corrected chi connectivity index (χ2v) is 2.98. The molecule has 0 aromatic rings. The summed E-state index contributed by atoms with van der Waals surface area (Å²) in [4.78, 5) is 10.9. The van der Waals surface area contributed by atoms with Crippen molar-refractivity contribution in [1.82, 2.24) is 5.32 Å². The maximum Gasteiger partial charge on any atom is 0.336 e. The molecule has 5 heteroatoms. The minimum absolute atomic E-state index is 0. The molecule has 0 spiro atoms. The van der Waals surface area contributed by atoms with Crippen molar-refractivity contribution < 1.29 is 14.6 Å². The lowest BCUT2D eigenvalue weighted by atomic mass is 9.92. The van der Waals surface area contributed by atoms with Gasteiger partial charge < -0.3 is 15.2 Å². The van der Waals surface area contributed by atoms with Crippen LogP contribution in [-0.4, -0.2) is 36.4 Å². The van der Waals surface area contributed by atoms with Gasteiger partial charge in [-0.3, -0.25) is 0 Å². The van der Waals surface area contributed by atoms with Gasteiger partial charge in [-0.15, -0.1) is 12.4 Å². The summed E-state index contributed by atoms with van der Waals surface area (Å²) in [6, 6.07) is 0. The van der Waals surface area contributed by atoms with Crippen molar-refractivity contribution >= 4 is 18.4 Å². The molecule has 0 unspecified atom stereocenters. The first-order valence-corrected chi connectivity index (χ1v) is 4.29. The summed E-state index contributed by atoms with van der Waals surface area (Å²) >= 11 is 0. The lowest BCUT2D eigenvalue weighted by Crippen LogP contribution is -2.49. The molecule has 1 fully saturated rings. The predicted octanol–water partition coefficient (Wildman–Crippen LogP) is 0.651. The molecule has 0 bridgehead atoms. The van der Waals surface area contributed by atoms with Gasteiger partial charge in [0, 0.05) is 6.61 Å². The second kappa shape index (κ2) is 5.42. The summed E-state index contributed by atoms with van der Waals surface area (Å²) in [7, 11) is 0. The molecule has 78 valence electrons. The molecule has 0 amide bonds. The molecule has 1 heterocycles. The highest BCUT2D eigenvalue weighted by molar-refractivity contribution is 5.85. The lowest BCUT2D eigenvalue weighted by Gasteiger charge is -2.33. The molecule has 13 heavy (non-hydrogen) atoms. The molecule has 1 aliphatic rings. The van der Waals surface area contributed by atoms with Crippen LogP contribution in [0, 0.1) is 0 Å². The third kappa shape index (κ3) is 2.83. The van der Waals surface area contributed by atoms with E-state index in [0.29, 0.717) is 19.4 Å². The van der Waals surface area contributed by atoms with Crippen LogP contribution in [0.4, 0.5) is 0 Å². The van der Waals surface area contributed by atoms with Crippen LogP contribution in [0.15, 0.2) is 0 Å². The molecule has 4 nitrogen and oxygen atoms in total. The van der Waals surface area contributed by atoms with Crippen molar-refractivity contribution in [1.29, 1.82) is 0 Å². The molecule has 1 rings (SSSR count). The highest BCUT2D eigenvalue weighted by Crippen LogP contribution is 2.23. The third-order valence-corrected chi connectivity index (χ3v) is 2.22. The number of rotatable bonds is 3. The molecule has 1 aliphatic heterocycles. The average Bonchev–Trinajstić information content (AvgIpc) is 2.06. The molecule has 0 aliphatic carbocycles. The smallest absolute Gasteiger partial charge is 0.336 e. The van der Waals surface area contributed by atoms with Gasteiger partial charge in [-0.25, -0.2) is 4.79 Å². The van der Waals surface area contributed by atoms with E-state index in [1.54, 1.807) is 0 Å². The number of aliphatic carboxylic acids is 1. The van der Waals surface area contributed by atoms with Gasteiger partial charge in [0.15, 0.2) is 5.60 Å². The second-order valence-electron chi connectivity index (χ2n) is 2.98. The predicted molar refractivity (Wildman–Crippen MR) is 51.3 cm³/mol. The van der Waals surface area contributed by atoms with Crippen molar-refractivity contribution in [2.24, 2.45) is 0 Å². The number of carboxylic acids is 1. The van der Waals surface area contributed by atoms with Crippen LogP contribution >= 0.6 is 12.4 Å². The van der Waals surface area contributed by atoms with Crippen LogP contribution in [0.25, 0.3) is 0 Å². The lowest BCUT2D eigenvalue weighted by molar-refractivity contribution is -0.169. The Hall–Kier alpha value is -0.320. The van der Waals surface area contributed by atoms with Gasteiger partial charge in [-0.05, 0) is 32.9 Å². The zero-order valence-electron chi connectivity index (χ0n) is 7.71. The Morgan fingerprint density at radius 3 is 2.46 bits per heavy atom. The number of piperidine rings is 1. The topological polar surface area (TPSA) is 58.6 Å². The fourth-order valence-corrected chi connectivity index (χ4v) is 1.53. The Bertz CT molecular complexity index is 163. The first kappa shape index (κ1) is 12.7. The van der Waals surface area contributed by atoms with E-state index in [1.165, 1.54) is 0 Å². The highest BCUT2D eigenvalue weighted by atomic mass is 35.5. The first-order valence-electron chi connectivity index (χ1n) is 4.29. The number of hydrogen-bond donors (Lipinski definition) is 2. The molecule has 0 atom stereocenters. The molecular weight excluding hydrogens is 194 g/mol. The maximum atomic E-state index is 10.9. The number of carboxylic acid groups (broad SMARTS) is 1. The van der Waals surface area contributed by atoms with E-state index in [9.17, 15) is 4.79 Å². The van der Waals surface area contributed by atoms with Gasteiger partial charge in [0.05, 0.1) is 0 Å². The number of hydrogen-bond acceptors (Lipinski definition) is 3. The molecule has 0 saturated carbocycles. The van der Waals surface area contributed by atoms with Crippen molar-refractivity contribution in [3.63, 3.8) is 0 Å². The zero-order chi connectivity index (χ0) is 9.03. The molecule has 0 radical (unpaired) electrons. The van der Waals surface area contributed by atoms with Crippen molar-refractivity contribution in [2.45, 2.75) is 25.4 Å². The quantitative estimate of drug-likeness (QED) is 0.717. The molecule has 0 aromatic carbocycles. The van der Waals surface area contributed by atoms with E-state index < -0.39 is 11.6 Å². The Morgan fingerprint density at radius 2 is 2.08 bits per heavy atom.